The molecule has 0 amide bonds. The van der Waals surface area contributed by atoms with Gasteiger partial charge < -0.3 is 5.73 Å². The van der Waals surface area contributed by atoms with Crippen molar-refractivity contribution in [3.63, 3.8) is 0 Å². The van der Waals surface area contributed by atoms with Gasteiger partial charge in [-0.2, -0.15) is 0 Å². The summed E-state index contributed by atoms with van der Waals surface area (Å²) >= 11 is 0. The first kappa shape index (κ1) is 10.6. The van der Waals surface area contributed by atoms with Crippen LogP contribution in [-0.4, -0.2) is 5.54 Å². The summed E-state index contributed by atoms with van der Waals surface area (Å²) in [6.45, 7) is 2.22. The monoisotopic (exact) mass is 197 g/mol. The number of benzene rings is 1. The van der Waals surface area contributed by atoms with Crippen LogP contribution in [0.4, 0.5) is 0 Å². The lowest BCUT2D eigenvalue weighted by Gasteiger charge is -2.18. The summed E-state index contributed by atoms with van der Waals surface area (Å²) in [5.74, 6) is 0.513. The van der Waals surface area contributed by atoms with Crippen LogP contribution in [0.5, 0.6) is 0 Å². The van der Waals surface area contributed by atoms with E-state index in [1.165, 1.54) is 18.4 Å². The average molecular weight is 198 g/mol. The quantitative estimate of drug-likeness (QED) is 0.775. The zero-order valence-electron chi connectivity index (χ0n) is 7.86. The van der Waals surface area contributed by atoms with E-state index >= 15 is 0 Å². The molecule has 0 heterocycles. The van der Waals surface area contributed by atoms with Gasteiger partial charge in [-0.1, -0.05) is 37.3 Å². The molecule has 2 heteroatoms. The van der Waals surface area contributed by atoms with Crippen molar-refractivity contribution in [2.45, 2.75) is 31.2 Å². The maximum absolute atomic E-state index is 6.12. The second-order valence-corrected chi connectivity index (χ2v) is 3.87. The van der Waals surface area contributed by atoms with Crippen LogP contribution in [0, 0.1) is 0 Å². The molecule has 13 heavy (non-hydrogen) atoms. The molecule has 0 aromatic heterocycles. The normalized spacial score (nSPS) is 20.2. The number of halogens is 1. The molecular weight excluding hydrogens is 182 g/mol. The molecule has 0 spiro atoms. The lowest BCUT2D eigenvalue weighted by molar-refractivity contribution is 0.557. The van der Waals surface area contributed by atoms with Gasteiger partial charge in [-0.25, -0.2) is 0 Å². The van der Waals surface area contributed by atoms with E-state index in [1.807, 2.05) is 6.07 Å². The van der Waals surface area contributed by atoms with Gasteiger partial charge >= 0.3 is 0 Å². The molecule has 72 valence electrons. The third kappa shape index (κ3) is 2.04. The number of nitrogens with two attached hydrogens (primary N) is 1. The molecule has 0 saturated heterocycles. The Morgan fingerprint density at radius 2 is 1.77 bits per heavy atom. The Hall–Kier alpha value is -0.530. The minimum absolute atomic E-state index is 0. The fourth-order valence-corrected chi connectivity index (χ4v) is 1.65. The molecule has 0 bridgehead atoms. The summed E-state index contributed by atoms with van der Waals surface area (Å²) in [5, 5.41) is 0. The number of hydrogen-bond acceptors (Lipinski definition) is 1. The summed E-state index contributed by atoms with van der Waals surface area (Å²) in [6, 6.07) is 10.5. The summed E-state index contributed by atoms with van der Waals surface area (Å²) in [5.41, 5.74) is 7.61. The highest BCUT2D eigenvalue weighted by Crippen LogP contribution is 2.44. The molecule has 1 atom stereocenters. The maximum atomic E-state index is 6.12. The van der Waals surface area contributed by atoms with E-state index in [4.69, 9.17) is 5.73 Å². The predicted octanol–water partition coefficient (Wildman–Crippen LogP) is 2.70. The van der Waals surface area contributed by atoms with Crippen LogP contribution in [-0.2, 0) is 0 Å². The molecule has 1 saturated carbocycles. The zero-order valence-corrected chi connectivity index (χ0v) is 8.68. The van der Waals surface area contributed by atoms with Crippen LogP contribution in [0.2, 0.25) is 0 Å². The van der Waals surface area contributed by atoms with E-state index in [0.717, 1.165) is 0 Å². The first-order valence-electron chi connectivity index (χ1n) is 4.56. The number of rotatable bonds is 2. The molecule has 0 radical (unpaired) electrons. The van der Waals surface area contributed by atoms with Gasteiger partial charge in [0, 0.05) is 5.54 Å². The Morgan fingerprint density at radius 3 is 2.23 bits per heavy atom. The van der Waals surface area contributed by atoms with Crippen LogP contribution >= 0.6 is 12.4 Å². The molecule has 2 rings (SSSR count). The van der Waals surface area contributed by atoms with Gasteiger partial charge in [-0.3, -0.25) is 0 Å². The molecule has 1 aliphatic rings. The van der Waals surface area contributed by atoms with Crippen LogP contribution < -0.4 is 5.73 Å². The topological polar surface area (TPSA) is 26.0 Å². The predicted molar refractivity (Wildman–Crippen MR) is 58.3 cm³/mol. The third-order valence-corrected chi connectivity index (χ3v) is 2.99. The summed E-state index contributed by atoms with van der Waals surface area (Å²) in [7, 11) is 0. The molecule has 0 aliphatic heterocycles. The van der Waals surface area contributed by atoms with Crippen molar-refractivity contribution in [3.05, 3.63) is 35.9 Å². The van der Waals surface area contributed by atoms with Crippen LogP contribution in [0.25, 0.3) is 0 Å². The molecule has 1 aromatic rings. The van der Waals surface area contributed by atoms with Crippen LogP contribution in [0.1, 0.15) is 31.2 Å². The van der Waals surface area contributed by atoms with E-state index in [9.17, 15) is 0 Å². The Bertz CT molecular complexity index is 267. The SMILES string of the molecule is CC(c1ccccc1)C1(N)CC1.Cl. The molecule has 1 unspecified atom stereocenters. The van der Waals surface area contributed by atoms with Gasteiger partial charge in [0.1, 0.15) is 0 Å². The van der Waals surface area contributed by atoms with Gasteiger partial charge in [-0.15, -0.1) is 12.4 Å². The molecule has 1 aromatic carbocycles. The Balaban J connectivity index is 0.000000845. The van der Waals surface area contributed by atoms with E-state index in [1.54, 1.807) is 0 Å². The molecule has 1 nitrogen and oxygen atoms in total. The van der Waals surface area contributed by atoms with Crippen LogP contribution in [0.3, 0.4) is 0 Å². The standard InChI is InChI=1S/C11H15N.ClH/c1-9(11(12)7-8-11)10-5-3-2-4-6-10;/h2-6,9H,7-8,12H2,1H3;1H. The Kier molecular flexibility index (Phi) is 2.99. The summed E-state index contributed by atoms with van der Waals surface area (Å²) in [6.07, 6.45) is 2.37. The Labute approximate surface area is 85.7 Å². The van der Waals surface area contributed by atoms with Gasteiger partial charge in [0.2, 0.25) is 0 Å². The molecular formula is C11H16ClN. The minimum atomic E-state index is 0. The fourth-order valence-electron chi connectivity index (χ4n) is 1.65. The van der Waals surface area contributed by atoms with Crippen molar-refractivity contribution in [1.82, 2.24) is 0 Å². The van der Waals surface area contributed by atoms with Crippen molar-refractivity contribution in [3.8, 4) is 0 Å². The first-order valence-corrected chi connectivity index (χ1v) is 4.56. The highest BCUT2D eigenvalue weighted by atomic mass is 35.5. The van der Waals surface area contributed by atoms with E-state index in [-0.39, 0.29) is 17.9 Å². The molecule has 2 N–H and O–H groups in total. The van der Waals surface area contributed by atoms with E-state index < -0.39 is 0 Å². The zero-order chi connectivity index (χ0) is 8.60. The highest BCUT2D eigenvalue weighted by molar-refractivity contribution is 5.85. The Morgan fingerprint density at radius 1 is 1.23 bits per heavy atom. The second kappa shape index (κ2) is 3.69. The molecule has 1 fully saturated rings. The van der Waals surface area contributed by atoms with Gasteiger partial charge in [-0.05, 0) is 24.3 Å². The van der Waals surface area contributed by atoms with Crippen molar-refractivity contribution in [2.75, 3.05) is 0 Å². The summed E-state index contributed by atoms with van der Waals surface area (Å²) in [4.78, 5) is 0. The minimum Gasteiger partial charge on any atom is -0.325 e. The first-order chi connectivity index (χ1) is 5.72. The van der Waals surface area contributed by atoms with Crippen LogP contribution in [0.15, 0.2) is 30.3 Å². The average Bonchev–Trinajstić information content (AvgIpc) is 2.85. The van der Waals surface area contributed by atoms with Gasteiger partial charge in [0.25, 0.3) is 0 Å². The van der Waals surface area contributed by atoms with Gasteiger partial charge in [0.05, 0.1) is 0 Å². The summed E-state index contributed by atoms with van der Waals surface area (Å²) < 4.78 is 0. The third-order valence-electron chi connectivity index (χ3n) is 2.99. The van der Waals surface area contributed by atoms with Crippen molar-refractivity contribution >= 4 is 12.4 Å². The number of hydrogen-bond donors (Lipinski definition) is 1. The maximum Gasteiger partial charge on any atom is 0.0222 e. The van der Waals surface area contributed by atoms with Gasteiger partial charge in [0.15, 0.2) is 0 Å². The largest absolute Gasteiger partial charge is 0.325 e. The van der Waals surface area contributed by atoms with Crippen molar-refractivity contribution in [1.29, 1.82) is 0 Å². The van der Waals surface area contributed by atoms with E-state index in [2.05, 4.69) is 31.2 Å². The van der Waals surface area contributed by atoms with Crippen molar-refractivity contribution in [2.24, 2.45) is 5.73 Å². The second-order valence-electron chi connectivity index (χ2n) is 3.87. The van der Waals surface area contributed by atoms with E-state index in [0.29, 0.717) is 5.92 Å². The van der Waals surface area contributed by atoms with Crippen molar-refractivity contribution < 1.29 is 0 Å². The molecule has 1 aliphatic carbocycles. The smallest absolute Gasteiger partial charge is 0.0222 e. The highest BCUT2D eigenvalue weighted by Gasteiger charge is 2.43. The lowest BCUT2D eigenvalue weighted by atomic mass is 9.92. The lowest BCUT2D eigenvalue weighted by Crippen LogP contribution is -2.28. The fraction of sp³-hybridized carbons (Fsp3) is 0.455.